The van der Waals surface area contributed by atoms with Gasteiger partial charge < -0.3 is 9.64 Å². The number of ether oxygens (including phenoxy) is 1. The van der Waals surface area contributed by atoms with Gasteiger partial charge in [0.1, 0.15) is 0 Å². The van der Waals surface area contributed by atoms with E-state index in [9.17, 15) is 4.79 Å². The summed E-state index contributed by atoms with van der Waals surface area (Å²) in [4.78, 5) is 19.4. The summed E-state index contributed by atoms with van der Waals surface area (Å²) < 4.78 is 5.87. The molecule has 1 amide bonds. The molecule has 1 atom stereocenters. The molecule has 1 aromatic heterocycles. The molecule has 0 radical (unpaired) electrons. The number of aromatic nitrogens is 1. The molecule has 0 bridgehead atoms. The van der Waals surface area contributed by atoms with Crippen molar-refractivity contribution in [2.45, 2.75) is 33.3 Å². The van der Waals surface area contributed by atoms with Crippen LogP contribution in [0.3, 0.4) is 0 Å². The van der Waals surface area contributed by atoms with Crippen LogP contribution < -0.4 is 0 Å². The molecule has 0 saturated carbocycles. The largest absolute Gasteiger partial charge is 0.376 e. The number of hydrogen-bond donors (Lipinski definition) is 0. The molecule has 3 rings (SSSR count). The molecule has 1 unspecified atom stereocenters. The van der Waals surface area contributed by atoms with E-state index in [0.29, 0.717) is 18.0 Å². The number of aryl methyl sites for hydroxylation is 1. The van der Waals surface area contributed by atoms with Crippen molar-refractivity contribution >= 4 is 16.8 Å². The lowest BCUT2D eigenvalue weighted by Crippen LogP contribution is -2.39. The Morgan fingerprint density at radius 3 is 2.91 bits per heavy atom. The molecule has 0 spiro atoms. The van der Waals surface area contributed by atoms with Crippen molar-refractivity contribution in [1.82, 2.24) is 9.88 Å². The molecule has 0 aliphatic carbocycles. The monoisotopic (exact) mass is 312 g/mol. The van der Waals surface area contributed by atoms with Gasteiger partial charge in [0.05, 0.1) is 17.2 Å². The average molecular weight is 312 g/mol. The van der Waals surface area contributed by atoms with Gasteiger partial charge in [-0.05, 0) is 30.9 Å². The van der Waals surface area contributed by atoms with Crippen LogP contribution in [0.25, 0.3) is 10.9 Å². The lowest BCUT2D eigenvalue weighted by molar-refractivity contribution is 0.0222. The second kappa shape index (κ2) is 6.67. The van der Waals surface area contributed by atoms with Crippen molar-refractivity contribution in [3.05, 3.63) is 41.6 Å². The van der Waals surface area contributed by atoms with Crippen molar-refractivity contribution < 1.29 is 9.53 Å². The van der Waals surface area contributed by atoms with E-state index in [0.717, 1.165) is 36.0 Å². The molecule has 0 N–H and O–H groups in total. The summed E-state index contributed by atoms with van der Waals surface area (Å²) >= 11 is 0. The second-order valence-electron chi connectivity index (χ2n) is 6.57. The van der Waals surface area contributed by atoms with E-state index >= 15 is 0 Å². The molecule has 1 aromatic carbocycles. The summed E-state index contributed by atoms with van der Waals surface area (Å²) in [7, 11) is 0. The predicted octanol–water partition coefficient (Wildman–Crippen LogP) is 3.43. The highest BCUT2D eigenvalue weighted by atomic mass is 16.5. The third kappa shape index (κ3) is 3.22. The minimum Gasteiger partial charge on any atom is -0.376 e. The molecule has 1 saturated heterocycles. The number of benzene rings is 1. The van der Waals surface area contributed by atoms with E-state index in [1.165, 1.54) is 0 Å². The Morgan fingerprint density at radius 2 is 2.13 bits per heavy atom. The molecular weight excluding hydrogens is 288 g/mol. The molecule has 2 heterocycles. The molecule has 2 aromatic rings. The Hall–Kier alpha value is -1.94. The van der Waals surface area contributed by atoms with E-state index in [1.54, 1.807) is 6.20 Å². The molecule has 122 valence electrons. The number of para-hydroxylation sites is 1. The van der Waals surface area contributed by atoms with Gasteiger partial charge in [0.25, 0.3) is 5.91 Å². The van der Waals surface area contributed by atoms with Gasteiger partial charge in [-0.15, -0.1) is 0 Å². The number of rotatable bonds is 2. The zero-order chi connectivity index (χ0) is 16.4. The first-order valence-corrected chi connectivity index (χ1v) is 8.33. The lowest BCUT2D eigenvalue weighted by Gasteiger charge is -2.26. The fourth-order valence-electron chi connectivity index (χ4n) is 3.10. The first kappa shape index (κ1) is 15.9. The predicted molar refractivity (Wildman–Crippen MR) is 91.6 cm³/mol. The third-order valence-corrected chi connectivity index (χ3v) is 4.61. The van der Waals surface area contributed by atoms with Gasteiger partial charge in [0.2, 0.25) is 0 Å². The van der Waals surface area contributed by atoms with E-state index in [1.807, 2.05) is 36.1 Å². The van der Waals surface area contributed by atoms with Crippen LogP contribution in [0.15, 0.2) is 30.5 Å². The topological polar surface area (TPSA) is 42.4 Å². The maximum Gasteiger partial charge on any atom is 0.255 e. The van der Waals surface area contributed by atoms with Crippen LogP contribution in [0.2, 0.25) is 0 Å². The Bertz CT molecular complexity index is 712. The van der Waals surface area contributed by atoms with Crippen LogP contribution in [0.1, 0.15) is 36.2 Å². The normalized spacial score (nSPS) is 19.1. The van der Waals surface area contributed by atoms with Gasteiger partial charge in [0, 0.05) is 31.3 Å². The Balaban J connectivity index is 1.91. The van der Waals surface area contributed by atoms with Crippen LogP contribution in [0.4, 0.5) is 0 Å². The summed E-state index contributed by atoms with van der Waals surface area (Å²) in [5.41, 5.74) is 2.64. The summed E-state index contributed by atoms with van der Waals surface area (Å²) in [5.74, 6) is 0.469. The summed E-state index contributed by atoms with van der Waals surface area (Å²) in [6.07, 6.45) is 2.71. The maximum atomic E-state index is 13.0. The smallest absolute Gasteiger partial charge is 0.255 e. The van der Waals surface area contributed by atoms with Crippen LogP contribution in [0, 0.1) is 12.8 Å². The number of fused-ring (bicyclic) bond motifs is 1. The fraction of sp³-hybridized carbons (Fsp3) is 0.474. The first-order chi connectivity index (χ1) is 11.1. The second-order valence-corrected chi connectivity index (χ2v) is 6.57. The van der Waals surface area contributed by atoms with Crippen LogP contribution in [-0.4, -0.2) is 41.6 Å². The zero-order valence-electron chi connectivity index (χ0n) is 14.1. The van der Waals surface area contributed by atoms with Gasteiger partial charge in [-0.2, -0.15) is 0 Å². The van der Waals surface area contributed by atoms with Crippen molar-refractivity contribution in [3.8, 4) is 0 Å². The molecule has 1 fully saturated rings. The number of pyridine rings is 1. The van der Waals surface area contributed by atoms with Crippen molar-refractivity contribution in [3.63, 3.8) is 0 Å². The molecule has 4 heteroatoms. The van der Waals surface area contributed by atoms with Gasteiger partial charge in [-0.1, -0.05) is 32.0 Å². The van der Waals surface area contributed by atoms with Crippen LogP contribution in [-0.2, 0) is 4.74 Å². The van der Waals surface area contributed by atoms with E-state index in [4.69, 9.17) is 4.74 Å². The summed E-state index contributed by atoms with van der Waals surface area (Å²) in [5, 5.41) is 1.05. The number of amides is 1. The van der Waals surface area contributed by atoms with E-state index in [2.05, 4.69) is 18.8 Å². The van der Waals surface area contributed by atoms with E-state index in [-0.39, 0.29) is 12.0 Å². The van der Waals surface area contributed by atoms with E-state index < -0.39 is 0 Å². The number of carbonyl (C=O) groups excluding carboxylic acids is 1. The highest BCUT2D eigenvalue weighted by Crippen LogP contribution is 2.22. The van der Waals surface area contributed by atoms with Gasteiger partial charge in [-0.3, -0.25) is 9.78 Å². The van der Waals surface area contributed by atoms with Gasteiger partial charge >= 0.3 is 0 Å². The molecule has 1 aliphatic rings. The Labute approximate surface area is 137 Å². The van der Waals surface area contributed by atoms with Crippen molar-refractivity contribution in [2.75, 3.05) is 19.7 Å². The Kier molecular flexibility index (Phi) is 4.62. The van der Waals surface area contributed by atoms with Crippen molar-refractivity contribution in [2.24, 2.45) is 5.92 Å². The van der Waals surface area contributed by atoms with Crippen LogP contribution in [0.5, 0.6) is 0 Å². The third-order valence-electron chi connectivity index (χ3n) is 4.61. The Morgan fingerprint density at radius 1 is 1.35 bits per heavy atom. The number of nitrogens with zero attached hydrogens (tertiary/aromatic N) is 2. The maximum absolute atomic E-state index is 13.0. The van der Waals surface area contributed by atoms with Gasteiger partial charge in [-0.25, -0.2) is 0 Å². The molecule has 23 heavy (non-hydrogen) atoms. The highest BCUT2D eigenvalue weighted by molar-refractivity contribution is 6.00. The summed E-state index contributed by atoms with van der Waals surface area (Å²) in [6, 6.07) is 7.96. The van der Waals surface area contributed by atoms with Crippen LogP contribution >= 0.6 is 0 Å². The highest BCUT2D eigenvalue weighted by Gasteiger charge is 2.26. The fourth-order valence-corrected chi connectivity index (χ4v) is 3.10. The quantitative estimate of drug-likeness (QED) is 0.853. The minimum absolute atomic E-state index is 0.0666. The number of hydrogen-bond acceptors (Lipinski definition) is 3. The van der Waals surface area contributed by atoms with Crippen molar-refractivity contribution in [1.29, 1.82) is 0 Å². The molecule has 4 nitrogen and oxygen atoms in total. The lowest BCUT2D eigenvalue weighted by atomic mass is 10.0. The average Bonchev–Trinajstić information content (AvgIpc) is 2.81. The molecule has 1 aliphatic heterocycles. The van der Waals surface area contributed by atoms with Gasteiger partial charge in [0.15, 0.2) is 0 Å². The number of carbonyl (C=O) groups is 1. The molecular formula is C19H24N2O2. The zero-order valence-corrected chi connectivity index (χ0v) is 14.1. The first-order valence-electron chi connectivity index (χ1n) is 8.33. The standard InChI is InChI=1S/C19H24N2O2/c1-13(2)18-12-21(9-6-10-23-18)19(22)16-11-20-17-8-5-4-7-15(17)14(16)3/h4-5,7-8,11,13,18H,6,9-10,12H2,1-3H3. The SMILES string of the molecule is Cc1c(C(=O)N2CCCOC(C(C)C)C2)cnc2ccccc12. The minimum atomic E-state index is 0.0666. The summed E-state index contributed by atoms with van der Waals surface area (Å²) in [6.45, 7) is 8.41.